The highest BCUT2D eigenvalue weighted by atomic mass is 32.2. The largest absolute Gasteiger partial charge is 0.508 e. The quantitative estimate of drug-likeness (QED) is 0.639. The van der Waals surface area contributed by atoms with Crippen molar-refractivity contribution >= 4 is 10.1 Å². The van der Waals surface area contributed by atoms with E-state index < -0.39 is 27.3 Å². The first-order valence-electron chi connectivity index (χ1n) is 8.51. The number of aromatic hydroxyl groups is 2. The third kappa shape index (κ3) is 2.51. The van der Waals surface area contributed by atoms with Gasteiger partial charge in [-0.1, -0.05) is 24.3 Å². The summed E-state index contributed by atoms with van der Waals surface area (Å²) in [5.74, 6) is -1.34. The maximum absolute atomic E-state index is 14.4. The summed E-state index contributed by atoms with van der Waals surface area (Å²) in [5.41, 5.74) is 0.0884. The molecule has 5 nitrogen and oxygen atoms in total. The molecular formula is C21H17FO5S. The fourth-order valence-corrected chi connectivity index (χ4v) is 5.05. The minimum atomic E-state index is -4.12. The fraction of sp³-hybridized carbons (Fsp3) is 0.143. The van der Waals surface area contributed by atoms with Crippen molar-refractivity contribution in [3.8, 4) is 11.5 Å². The van der Waals surface area contributed by atoms with Crippen molar-refractivity contribution in [3.63, 3.8) is 0 Å². The van der Waals surface area contributed by atoms with Crippen LogP contribution in [0.3, 0.4) is 0 Å². The maximum atomic E-state index is 14.4. The van der Waals surface area contributed by atoms with Gasteiger partial charge in [-0.3, -0.25) is 0 Å². The molecule has 1 heterocycles. The SMILES string of the molecule is Cc1cc(C2(c3cc(C)c(O)c([18F])c3)OS(=O)(=O)c3ccccc32)ccc1O. The summed E-state index contributed by atoms with van der Waals surface area (Å²) >= 11 is 0. The van der Waals surface area contributed by atoms with Crippen molar-refractivity contribution in [1.29, 1.82) is 0 Å². The fourth-order valence-electron chi connectivity index (χ4n) is 3.62. The van der Waals surface area contributed by atoms with Crippen molar-refractivity contribution in [3.05, 3.63) is 88.2 Å². The molecule has 3 aromatic carbocycles. The van der Waals surface area contributed by atoms with Crippen LogP contribution in [-0.2, 0) is 19.9 Å². The number of fused-ring (bicyclic) bond motifs is 1. The van der Waals surface area contributed by atoms with Gasteiger partial charge in [0, 0.05) is 5.56 Å². The van der Waals surface area contributed by atoms with Crippen molar-refractivity contribution < 1.29 is 27.2 Å². The molecule has 1 aliphatic rings. The average Bonchev–Trinajstić information content (AvgIpc) is 2.90. The number of phenolic OH excluding ortho intramolecular Hbond substituents is 2. The molecule has 0 aromatic heterocycles. The molecule has 0 bridgehead atoms. The summed E-state index contributed by atoms with van der Waals surface area (Å²) < 4.78 is 45.6. The van der Waals surface area contributed by atoms with E-state index in [1.807, 2.05) is 0 Å². The van der Waals surface area contributed by atoms with Gasteiger partial charge in [0.1, 0.15) is 10.6 Å². The van der Waals surface area contributed by atoms with Crippen LogP contribution in [0.1, 0.15) is 27.8 Å². The van der Waals surface area contributed by atoms with Crippen molar-refractivity contribution in [2.75, 3.05) is 0 Å². The van der Waals surface area contributed by atoms with E-state index in [-0.39, 0.29) is 21.8 Å². The second kappa shape index (κ2) is 6.05. The van der Waals surface area contributed by atoms with Gasteiger partial charge in [-0.2, -0.15) is 8.42 Å². The normalized spacial score (nSPS) is 20.1. The molecule has 0 radical (unpaired) electrons. The van der Waals surface area contributed by atoms with Crippen molar-refractivity contribution in [2.24, 2.45) is 0 Å². The molecule has 1 atom stereocenters. The van der Waals surface area contributed by atoms with Crippen LogP contribution in [0.4, 0.5) is 4.39 Å². The van der Waals surface area contributed by atoms with Crippen LogP contribution in [0.25, 0.3) is 0 Å². The summed E-state index contributed by atoms with van der Waals surface area (Å²) in [4.78, 5) is -0.00753. The Bertz CT molecular complexity index is 1200. The van der Waals surface area contributed by atoms with Gasteiger partial charge in [-0.05, 0) is 66.4 Å². The van der Waals surface area contributed by atoms with Gasteiger partial charge in [0.05, 0.1) is 0 Å². The molecular weight excluding hydrogens is 382 g/mol. The lowest BCUT2D eigenvalue weighted by molar-refractivity contribution is 0.179. The summed E-state index contributed by atoms with van der Waals surface area (Å²) in [5, 5.41) is 19.8. The number of phenols is 2. The molecule has 1 unspecified atom stereocenters. The second-order valence-electron chi connectivity index (χ2n) is 6.84. The van der Waals surface area contributed by atoms with Gasteiger partial charge >= 0.3 is 0 Å². The Morgan fingerprint density at radius 1 is 0.929 bits per heavy atom. The number of hydrogen-bond donors (Lipinski definition) is 2. The van der Waals surface area contributed by atoms with Gasteiger partial charge in [0.15, 0.2) is 17.2 Å². The number of halogens is 1. The van der Waals surface area contributed by atoms with Crippen LogP contribution in [0.15, 0.2) is 59.5 Å². The zero-order valence-electron chi connectivity index (χ0n) is 15.1. The molecule has 0 saturated carbocycles. The van der Waals surface area contributed by atoms with Crippen LogP contribution in [0.2, 0.25) is 0 Å². The molecule has 144 valence electrons. The van der Waals surface area contributed by atoms with E-state index in [1.165, 1.54) is 25.1 Å². The summed E-state index contributed by atoms with van der Waals surface area (Å²) in [7, 11) is -4.12. The Kier molecular flexibility index (Phi) is 3.99. The Labute approximate surface area is 161 Å². The monoisotopic (exact) mass is 399 g/mol. The van der Waals surface area contributed by atoms with Crippen molar-refractivity contribution in [1.82, 2.24) is 0 Å². The summed E-state index contributed by atoms with van der Waals surface area (Å²) in [6.45, 7) is 3.19. The van der Waals surface area contributed by atoms with Gasteiger partial charge in [-0.15, -0.1) is 0 Å². The molecule has 1 aliphatic heterocycles. The molecule has 28 heavy (non-hydrogen) atoms. The lowest BCUT2D eigenvalue weighted by Crippen LogP contribution is -2.30. The third-order valence-corrected chi connectivity index (χ3v) is 6.40. The molecule has 0 saturated heterocycles. The van der Waals surface area contributed by atoms with Gasteiger partial charge < -0.3 is 10.2 Å². The van der Waals surface area contributed by atoms with Crippen LogP contribution in [-0.4, -0.2) is 18.6 Å². The van der Waals surface area contributed by atoms with Gasteiger partial charge in [-0.25, -0.2) is 8.57 Å². The predicted octanol–water partition coefficient (Wildman–Crippen LogP) is 3.86. The molecule has 7 heteroatoms. The summed E-state index contributed by atoms with van der Waals surface area (Å²) in [6.07, 6.45) is 0. The summed E-state index contributed by atoms with van der Waals surface area (Å²) in [6, 6.07) is 13.5. The number of rotatable bonds is 2. The Morgan fingerprint density at radius 3 is 2.29 bits per heavy atom. The minimum Gasteiger partial charge on any atom is -0.508 e. The van der Waals surface area contributed by atoms with Crippen LogP contribution < -0.4 is 0 Å². The lowest BCUT2D eigenvalue weighted by Gasteiger charge is -2.30. The number of aryl methyl sites for hydroxylation is 2. The van der Waals surface area contributed by atoms with E-state index in [0.29, 0.717) is 16.7 Å². The number of hydrogen-bond acceptors (Lipinski definition) is 5. The van der Waals surface area contributed by atoms with Gasteiger partial charge in [0.2, 0.25) is 0 Å². The van der Waals surface area contributed by atoms with E-state index in [9.17, 15) is 23.0 Å². The Morgan fingerprint density at radius 2 is 1.61 bits per heavy atom. The first kappa shape index (κ1) is 18.5. The maximum Gasteiger partial charge on any atom is 0.298 e. The third-order valence-electron chi connectivity index (χ3n) is 5.03. The molecule has 2 N–H and O–H groups in total. The minimum absolute atomic E-state index is 0.00753. The molecule has 0 amide bonds. The predicted molar refractivity (Wildman–Crippen MR) is 100 cm³/mol. The first-order valence-corrected chi connectivity index (χ1v) is 9.92. The topological polar surface area (TPSA) is 83.8 Å². The van der Waals surface area contributed by atoms with Crippen molar-refractivity contribution in [2.45, 2.75) is 24.3 Å². The van der Waals surface area contributed by atoms with E-state index >= 15 is 0 Å². The van der Waals surface area contributed by atoms with E-state index in [2.05, 4.69) is 0 Å². The highest BCUT2D eigenvalue weighted by molar-refractivity contribution is 7.87. The Balaban J connectivity index is 2.14. The zero-order valence-corrected chi connectivity index (χ0v) is 15.9. The van der Waals surface area contributed by atoms with Crippen LogP contribution in [0.5, 0.6) is 11.5 Å². The highest BCUT2D eigenvalue weighted by Gasteiger charge is 2.51. The molecule has 0 fully saturated rings. The molecule has 4 rings (SSSR count). The van der Waals surface area contributed by atoms with Crippen LogP contribution >= 0.6 is 0 Å². The second-order valence-corrected chi connectivity index (χ2v) is 8.35. The zero-order chi connectivity index (χ0) is 20.3. The standard InChI is InChI=1S/C21H17FO5S/c1-12-9-14(7-8-18(12)23)21(15-10-13(2)20(24)17(22)11-15)16-5-3-4-6-19(16)28(25,26)27-21/h3-11,23-24H,1-2H3/i22-1. The van der Waals surface area contributed by atoms with Gasteiger partial charge in [0.25, 0.3) is 10.1 Å². The Hall–Kier alpha value is -2.90. The average molecular weight is 399 g/mol. The van der Waals surface area contributed by atoms with E-state index in [0.717, 1.165) is 6.07 Å². The van der Waals surface area contributed by atoms with E-state index in [4.69, 9.17) is 4.18 Å². The smallest absolute Gasteiger partial charge is 0.298 e. The number of benzene rings is 3. The van der Waals surface area contributed by atoms with E-state index in [1.54, 1.807) is 37.3 Å². The highest BCUT2D eigenvalue weighted by Crippen LogP contribution is 2.51. The molecule has 3 aromatic rings. The van der Waals surface area contributed by atoms with Crippen LogP contribution in [0, 0.1) is 19.7 Å². The molecule has 0 spiro atoms. The lowest BCUT2D eigenvalue weighted by atomic mass is 9.79. The molecule has 0 aliphatic carbocycles. The first-order chi connectivity index (χ1) is 13.2.